The summed E-state index contributed by atoms with van der Waals surface area (Å²) < 4.78 is 22.9. The van der Waals surface area contributed by atoms with E-state index >= 15 is 0 Å². The molecule has 1 heterocycles. The predicted octanol–water partition coefficient (Wildman–Crippen LogP) is 2.31. The zero-order chi connectivity index (χ0) is 19.2. The summed E-state index contributed by atoms with van der Waals surface area (Å²) >= 11 is 0. The second-order valence-corrected chi connectivity index (χ2v) is 5.47. The molecule has 2 aromatic carbocycles. The quantitative estimate of drug-likeness (QED) is 0.645. The van der Waals surface area contributed by atoms with Crippen LogP contribution in [0.1, 0.15) is 5.82 Å². The van der Waals surface area contributed by atoms with E-state index in [9.17, 15) is 0 Å². The Hall–Kier alpha value is -3.49. The molecular weight excluding hydrogens is 350 g/mol. The first-order valence-corrected chi connectivity index (χ1v) is 8.15. The van der Waals surface area contributed by atoms with Gasteiger partial charge in [-0.2, -0.15) is 4.68 Å². The molecule has 9 heteroatoms. The number of hydrogen-bond donors (Lipinski definition) is 1. The summed E-state index contributed by atoms with van der Waals surface area (Å²) in [4.78, 5) is 0. The number of benzene rings is 2. The van der Waals surface area contributed by atoms with E-state index in [-0.39, 0.29) is 0 Å². The van der Waals surface area contributed by atoms with Gasteiger partial charge in [0.15, 0.2) is 17.3 Å². The van der Waals surface area contributed by atoms with E-state index in [1.54, 1.807) is 33.1 Å². The second kappa shape index (κ2) is 8.26. The molecular formula is C18H21N5O4. The minimum absolute atomic E-state index is 0.400. The SMILES string of the molecule is COc1ccc(-n2nnnc2CNc2cc(OC)c(OC)c(OC)c2)cc1. The largest absolute Gasteiger partial charge is 0.497 e. The van der Waals surface area contributed by atoms with Crippen LogP contribution < -0.4 is 24.3 Å². The molecule has 0 bridgehead atoms. The molecule has 0 aliphatic heterocycles. The zero-order valence-corrected chi connectivity index (χ0v) is 15.6. The van der Waals surface area contributed by atoms with E-state index in [1.807, 2.05) is 36.4 Å². The van der Waals surface area contributed by atoms with Crippen molar-refractivity contribution in [3.05, 3.63) is 42.2 Å². The Kier molecular flexibility index (Phi) is 5.60. The maximum Gasteiger partial charge on any atom is 0.203 e. The molecule has 3 rings (SSSR count). The Morgan fingerprint density at radius 3 is 2.11 bits per heavy atom. The van der Waals surface area contributed by atoms with E-state index in [4.69, 9.17) is 18.9 Å². The highest BCUT2D eigenvalue weighted by atomic mass is 16.5. The van der Waals surface area contributed by atoms with Gasteiger partial charge in [-0.25, -0.2) is 0 Å². The van der Waals surface area contributed by atoms with E-state index in [0.29, 0.717) is 29.6 Å². The summed E-state index contributed by atoms with van der Waals surface area (Å²) in [6, 6.07) is 11.1. The van der Waals surface area contributed by atoms with Crippen molar-refractivity contribution >= 4 is 5.69 Å². The van der Waals surface area contributed by atoms with Crippen LogP contribution in [0.25, 0.3) is 5.69 Å². The maximum atomic E-state index is 5.37. The lowest BCUT2D eigenvalue weighted by atomic mass is 10.2. The van der Waals surface area contributed by atoms with E-state index in [1.165, 1.54) is 0 Å². The summed E-state index contributed by atoms with van der Waals surface area (Å²) in [5.41, 5.74) is 1.62. The molecule has 0 amide bonds. The number of tetrazole rings is 1. The van der Waals surface area contributed by atoms with Gasteiger partial charge in [-0.1, -0.05) is 0 Å². The Morgan fingerprint density at radius 2 is 1.56 bits per heavy atom. The van der Waals surface area contributed by atoms with Crippen LogP contribution in [0.4, 0.5) is 5.69 Å². The number of aromatic nitrogens is 4. The van der Waals surface area contributed by atoms with Gasteiger partial charge < -0.3 is 24.3 Å². The Bertz CT molecular complexity index is 870. The van der Waals surface area contributed by atoms with Gasteiger partial charge in [0, 0.05) is 17.8 Å². The minimum atomic E-state index is 0.400. The number of rotatable bonds is 8. The van der Waals surface area contributed by atoms with E-state index in [0.717, 1.165) is 17.1 Å². The number of ether oxygens (including phenoxy) is 4. The highest BCUT2D eigenvalue weighted by Crippen LogP contribution is 2.40. The normalized spacial score (nSPS) is 10.4. The molecule has 142 valence electrons. The Labute approximate surface area is 156 Å². The number of nitrogens with one attached hydrogen (secondary N) is 1. The van der Waals surface area contributed by atoms with Crippen molar-refractivity contribution in [2.75, 3.05) is 33.8 Å². The molecule has 0 aliphatic carbocycles. The molecule has 0 saturated heterocycles. The van der Waals surface area contributed by atoms with Crippen molar-refractivity contribution < 1.29 is 18.9 Å². The van der Waals surface area contributed by atoms with Gasteiger partial charge in [0.25, 0.3) is 0 Å². The first-order chi connectivity index (χ1) is 13.2. The molecule has 0 atom stereocenters. The molecule has 0 aliphatic rings. The van der Waals surface area contributed by atoms with Gasteiger partial charge >= 0.3 is 0 Å². The molecule has 27 heavy (non-hydrogen) atoms. The van der Waals surface area contributed by atoms with Crippen molar-refractivity contribution in [1.82, 2.24) is 20.2 Å². The van der Waals surface area contributed by atoms with E-state index in [2.05, 4.69) is 20.8 Å². The van der Waals surface area contributed by atoms with Crippen molar-refractivity contribution in [3.63, 3.8) is 0 Å². The average Bonchev–Trinajstić information content (AvgIpc) is 3.19. The fourth-order valence-electron chi connectivity index (χ4n) is 2.60. The lowest BCUT2D eigenvalue weighted by molar-refractivity contribution is 0.324. The van der Waals surface area contributed by atoms with Crippen LogP contribution in [-0.4, -0.2) is 48.6 Å². The van der Waals surface area contributed by atoms with Crippen molar-refractivity contribution in [2.24, 2.45) is 0 Å². The fraction of sp³-hybridized carbons (Fsp3) is 0.278. The summed E-state index contributed by atoms with van der Waals surface area (Å²) in [6.45, 7) is 0.400. The smallest absolute Gasteiger partial charge is 0.203 e. The Morgan fingerprint density at radius 1 is 0.889 bits per heavy atom. The third-order valence-corrected chi connectivity index (χ3v) is 3.97. The number of hydrogen-bond acceptors (Lipinski definition) is 8. The van der Waals surface area contributed by atoms with Crippen LogP contribution in [0, 0.1) is 0 Å². The third-order valence-electron chi connectivity index (χ3n) is 3.97. The summed E-state index contributed by atoms with van der Waals surface area (Å²) in [5.74, 6) is 3.08. The molecule has 0 saturated carbocycles. The Balaban J connectivity index is 1.81. The summed E-state index contributed by atoms with van der Waals surface area (Å²) in [5, 5.41) is 15.2. The molecule has 9 nitrogen and oxygen atoms in total. The number of methoxy groups -OCH3 is 4. The summed E-state index contributed by atoms with van der Waals surface area (Å²) in [7, 11) is 6.34. The first-order valence-electron chi connectivity index (χ1n) is 8.15. The number of nitrogens with zero attached hydrogens (tertiary/aromatic N) is 4. The van der Waals surface area contributed by atoms with Gasteiger partial charge in [0.2, 0.25) is 5.75 Å². The van der Waals surface area contributed by atoms with Gasteiger partial charge in [-0.3, -0.25) is 0 Å². The van der Waals surface area contributed by atoms with E-state index < -0.39 is 0 Å². The number of anilines is 1. The lowest BCUT2D eigenvalue weighted by Gasteiger charge is -2.15. The van der Waals surface area contributed by atoms with Crippen LogP contribution in [0.3, 0.4) is 0 Å². The van der Waals surface area contributed by atoms with Gasteiger partial charge in [0.1, 0.15) is 5.75 Å². The third kappa shape index (κ3) is 3.86. The highest BCUT2D eigenvalue weighted by Gasteiger charge is 2.14. The second-order valence-electron chi connectivity index (χ2n) is 5.47. The van der Waals surface area contributed by atoms with Crippen LogP contribution in [0.5, 0.6) is 23.0 Å². The van der Waals surface area contributed by atoms with Crippen LogP contribution in [-0.2, 0) is 6.54 Å². The zero-order valence-electron chi connectivity index (χ0n) is 15.6. The molecule has 1 aromatic heterocycles. The van der Waals surface area contributed by atoms with Crippen molar-refractivity contribution in [3.8, 4) is 28.7 Å². The molecule has 1 N–H and O–H groups in total. The molecule has 0 unspecified atom stereocenters. The van der Waals surface area contributed by atoms with Crippen LogP contribution >= 0.6 is 0 Å². The van der Waals surface area contributed by atoms with Gasteiger partial charge in [0.05, 0.1) is 40.7 Å². The first kappa shape index (κ1) is 18.3. The standard InChI is InChI=1S/C18H21N5O4/c1-24-14-7-5-13(6-8-14)23-17(20-21-22-23)11-19-12-9-15(25-2)18(27-4)16(10-12)26-3/h5-10,19H,11H2,1-4H3. The predicted molar refractivity (Wildman–Crippen MR) is 99.1 cm³/mol. The molecule has 0 radical (unpaired) electrons. The average molecular weight is 371 g/mol. The highest BCUT2D eigenvalue weighted by molar-refractivity contribution is 5.62. The van der Waals surface area contributed by atoms with Gasteiger partial charge in [-0.15, -0.1) is 5.10 Å². The minimum Gasteiger partial charge on any atom is -0.497 e. The molecule has 0 spiro atoms. The fourth-order valence-corrected chi connectivity index (χ4v) is 2.60. The lowest BCUT2D eigenvalue weighted by Crippen LogP contribution is -2.09. The monoisotopic (exact) mass is 371 g/mol. The molecule has 3 aromatic rings. The maximum absolute atomic E-state index is 5.37. The van der Waals surface area contributed by atoms with Gasteiger partial charge in [-0.05, 0) is 34.7 Å². The topological polar surface area (TPSA) is 92.6 Å². The van der Waals surface area contributed by atoms with Crippen LogP contribution in [0.15, 0.2) is 36.4 Å². The van der Waals surface area contributed by atoms with Crippen molar-refractivity contribution in [2.45, 2.75) is 6.54 Å². The summed E-state index contributed by atoms with van der Waals surface area (Å²) in [6.07, 6.45) is 0. The van der Waals surface area contributed by atoms with Crippen LogP contribution in [0.2, 0.25) is 0 Å². The van der Waals surface area contributed by atoms with Crippen molar-refractivity contribution in [1.29, 1.82) is 0 Å². The molecule has 0 fully saturated rings.